The van der Waals surface area contributed by atoms with Crippen LogP contribution in [0.5, 0.6) is 0 Å². The van der Waals surface area contributed by atoms with Gasteiger partial charge in [0.05, 0.1) is 16.9 Å². The number of rotatable bonds is 1. The van der Waals surface area contributed by atoms with E-state index in [4.69, 9.17) is 9.05 Å². The summed E-state index contributed by atoms with van der Waals surface area (Å²) in [6.07, 6.45) is 0. The molecule has 1 fully saturated rings. The highest BCUT2D eigenvalue weighted by molar-refractivity contribution is 7.54. The first-order valence-electron chi connectivity index (χ1n) is 5.87. The van der Waals surface area contributed by atoms with Crippen molar-refractivity contribution in [1.29, 1.82) is 0 Å². The van der Waals surface area contributed by atoms with E-state index in [1.165, 1.54) is 0 Å². The fraction of sp³-hybridized carbons (Fsp3) is 1.00. The summed E-state index contributed by atoms with van der Waals surface area (Å²) in [7, 11) is -3.01. The van der Waals surface area contributed by atoms with E-state index in [9.17, 15) is 4.57 Å². The molecule has 4 heteroatoms. The maximum absolute atomic E-state index is 12.6. The minimum absolute atomic E-state index is 0.109. The molecule has 1 heterocycles. The molecule has 0 unspecified atom stereocenters. The molecule has 0 atom stereocenters. The van der Waals surface area contributed by atoms with Gasteiger partial charge in [-0.25, -0.2) is 0 Å². The lowest BCUT2D eigenvalue weighted by Gasteiger charge is -2.57. The fourth-order valence-corrected chi connectivity index (χ4v) is 4.01. The predicted octanol–water partition coefficient (Wildman–Crippen LogP) is 4.22. The van der Waals surface area contributed by atoms with Crippen molar-refractivity contribution in [2.45, 2.75) is 72.3 Å². The number of hydrogen-bond acceptors (Lipinski definition) is 3. The summed E-state index contributed by atoms with van der Waals surface area (Å²) in [5.41, 5.74) is -1.24. The van der Waals surface area contributed by atoms with Crippen LogP contribution in [0.4, 0.5) is 0 Å². The lowest BCUT2D eigenvalue weighted by atomic mass is 9.66. The van der Waals surface area contributed by atoms with Gasteiger partial charge in [-0.3, -0.25) is 4.57 Å². The van der Waals surface area contributed by atoms with Crippen molar-refractivity contribution >= 4 is 7.60 Å². The first-order valence-corrected chi connectivity index (χ1v) is 7.48. The molecule has 0 aromatic heterocycles. The average molecular weight is 248 g/mol. The highest BCUT2D eigenvalue weighted by Crippen LogP contribution is 2.68. The summed E-state index contributed by atoms with van der Waals surface area (Å²) in [5, 5.41) is 0. The Hall–Kier alpha value is 0.150. The van der Waals surface area contributed by atoms with Crippen LogP contribution in [0.3, 0.4) is 0 Å². The van der Waals surface area contributed by atoms with E-state index in [0.29, 0.717) is 0 Å². The van der Waals surface area contributed by atoms with Gasteiger partial charge in [-0.05, 0) is 27.7 Å². The molecule has 1 saturated heterocycles. The van der Waals surface area contributed by atoms with E-state index in [-0.39, 0.29) is 11.1 Å². The fourth-order valence-electron chi connectivity index (χ4n) is 1.82. The van der Waals surface area contributed by atoms with Gasteiger partial charge in [0.2, 0.25) is 0 Å². The molecule has 3 nitrogen and oxygen atoms in total. The molecule has 16 heavy (non-hydrogen) atoms. The maximum Gasteiger partial charge on any atom is 0.334 e. The summed E-state index contributed by atoms with van der Waals surface area (Å²) in [6, 6.07) is 0. The van der Waals surface area contributed by atoms with Gasteiger partial charge < -0.3 is 9.05 Å². The molecule has 1 rings (SSSR count). The van der Waals surface area contributed by atoms with Gasteiger partial charge in [-0.1, -0.05) is 27.7 Å². The smallest absolute Gasteiger partial charge is 0.302 e. The minimum Gasteiger partial charge on any atom is -0.302 e. The molecule has 0 bridgehead atoms. The third-order valence-electron chi connectivity index (χ3n) is 4.35. The van der Waals surface area contributed by atoms with Crippen LogP contribution in [0, 0.1) is 5.41 Å². The summed E-state index contributed by atoms with van der Waals surface area (Å²) >= 11 is 0. The quantitative estimate of drug-likeness (QED) is 0.652. The van der Waals surface area contributed by atoms with Crippen molar-refractivity contribution in [3.8, 4) is 0 Å². The molecular weight excluding hydrogens is 223 g/mol. The van der Waals surface area contributed by atoms with Crippen molar-refractivity contribution < 1.29 is 13.6 Å². The van der Waals surface area contributed by atoms with E-state index in [1.54, 1.807) is 0 Å². The van der Waals surface area contributed by atoms with E-state index in [0.717, 1.165) is 0 Å². The normalized spacial score (nSPS) is 30.3. The largest absolute Gasteiger partial charge is 0.334 e. The lowest BCUT2D eigenvalue weighted by molar-refractivity contribution is -0.171. The first kappa shape index (κ1) is 14.2. The van der Waals surface area contributed by atoms with Crippen LogP contribution in [0.15, 0.2) is 0 Å². The molecule has 0 aromatic rings. The average Bonchev–Trinajstić information content (AvgIpc) is 1.98. The summed E-state index contributed by atoms with van der Waals surface area (Å²) in [4.78, 5) is 0. The van der Waals surface area contributed by atoms with Crippen LogP contribution in [-0.4, -0.2) is 16.9 Å². The molecular formula is C12H25O3P. The highest BCUT2D eigenvalue weighted by atomic mass is 31.2. The van der Waals surface area contributed by atoms with Crippen LogP contribution in [0.1, 0.15) is 55.4 Å². The Morgan fingerprint density at radius 2 is 1.19 bits per heavy atom. The van der Waals surface area contributed by atoms with Crippen molar-refractivity contribution in [3.63, 3.8) is 0 Å². The second kappa shape index (κ2) is 3.57. The van der Waals surface area contributed by atoms with E-state index in [2.05, 4.69) is 13.8 Å². The van der Waals surface area contributed by atoms with Crippen molar-refractivity contribution in [1.82, 2.24) is 0 Å². The molecule has 0 aromatic carbocycles. The third kappa shape index (κ3) is 1.87. The van der Waals surface area contributed by atoms with Crippen LogP contribution in [0.25, 0.3) is 0 Å². The van der Waals surface area contributed by atoms with Gasteiger partial charge in [-0.2, -0.15) is 0 Å². The molecule has 1 aliphatic rings. The lowest BCUT2D eigenvalue weighted by Crippen LogP contribution is -2.58. The highest BCUT2D eigenvalue weighted by Gasteiger charge is 2.60. The molecule has 1 aliphatic heterocycles. The second-order valence-electron chi connectivity index (χ2n) is 6.46. The van der Waals surface area contributed by atoms with Gasteiger partial charge in [0.1, 0.15) is 0 Å². The predicted molar refractivity (Wildman–Crippen MR) is 66.9 cm³/mol. The first-order chi connectivity index (χ1) is 6.86. The van der Waals surface area contributed by atoms with Gasteiger partial charge in [0.25, 0.3) is 0 Å². The topological polar surface area (TPSA) is 35.5 Å². The van der Waals surface area contributed by atoms with Gasteiger partial charge in [-0.15, -0.1) is 0 Å². The molecule has 0 amide bonds. The molecule has 0 spiro atoms. The molecule has 0 aliphatic carbocycles. The summed E-state index contributed by atoms with van der Waals surface area (Å²) < 4.78 is 24.2. The standard InChI is InChI=1S/C12H25O3P/c1-9(2)16(13)14-11(5,6)10(3,4)12(7,8)15-16/h9H,1-8H3. The molecule has 0 saturated carbocycles. The van der Waals surface area contributed by atoms with E-state index < -0.39 is 18.8 Å². The second-order valence-corrected chi connectivity index (χ2v) is 8.94. The summed E-state index contributed by atoms with van der Waals surface area (Å²) in [6.45, 7) is 15.9. The zero-order valence-corrected chi connectivity index (χ0v) is 12.6. The zero-order valence-electron chi connectivity index (χ0n) is 11.7. The monoisotopic (exact) mass is 248 g/mol. The van der Waals surface area contributed by atoms with Gasteiger partial charge in [0.15, 0.2) is 0 Å². The third-order valence-corrected chi connectivity index (χ3v) is 7.04. The zero-order chi connectivity index (χ0) is 13.0. The Morgan fingerprint density at radius 3 is 1.44 bits per heavy atom. The van der Waals surface area contributed by atoms with Gasteiger partial charge >= 0.3 is 7.60 Å². The molecule has 96 valence electrons. The van der Waals surface area contributed by atoms with Crippen LogP contribution < -0.4 is 0 Å². The SMILES string of the molecule is CC(C)P1(=O)OC(C)(C)C(C)(C)C(C)(C)O1. The Kier molecular flexibility index (Phi) is 3.17. The van der Waals surface area contributed by atoms with E-state index in [1.807, 2.05) is 41.5 Å². The van der Waals surface area contributed by atoms with E-state index >= 15 is 0 Å². The molecule has 0 N–H and O–H groups in total. The van der Waals surface area contributed by atoms with Crippen LogP contribution in [-0.2, 0) is 13.6 Å². The summed E-state index contributed by atoms with van der Waals surface area (Å²) in [5.74, 6) is 0. The Bertz CT molecular complexity index is 305. The Balaban J connectivity index is 3.24. The van der Waals surface area contributed by atoms with Crippen molar-refractivity contribution in [2.24, 2.45) is 5.41 Å². The number of hydrogen-bond donors (Lipinski definition) is 0. The molecule has 0 radical (unpaired) electrons. The van der Waals surface area contributed by atoms with Gasteiger partial charge in [0, 0.05) is 5.41 Å². The minimum atomic E-state index is -3.01. The maximum atomic E-state index is 12.6. The van der Waals surface area contributed by atoms with Crippen LogP contribution in [0.2, 0.25) is 0 Å². The van der Waals surface area contributed by atoms with Crippen molar-refractivity contribution in [2.75, 3.05) is 0 Å². The van der Waals surface area contributed by atoms with Crippen molar-refractivity contribution in [3.05, 3.63) is 0 Å². The Labute approximate surface area is 99.4 Å². The Morgan fingerprint density at radius 1 is 0.875 bits per heavy atom. The van der Waals surface area contributed by atoms with Crippen LogP contribution >= 0.6 is 7.60 Å².